The smallest absolute Gasteiger partial charge is 0.124 e. The van der Waals surface area contributed by atoms with E-state index in [4.69, 9.17) is 16.3 Å². The van der Waals surface area contributed by atoms with E-state index in [0.29, 0.717) is 29.4 Å². The van der Waals surface area contributed by atoms with Crippen LogP contribution in [0.3, 0.4) is 0 Å². The van der Waals surface area contributed by atoms with E-state index in [2.05, 4.69) is 11.9 Å². The molecule has 1 unspecified atom stereocenters. The van der Waals surface area contributed by atoms with E-state index >= 15 is 0 Å². The molecule has 0 aliphatic carbocycles. The van der Waals surface area contributed by atoms with E-state index in [1.165, 1.54) is 0 Å². The molecule has 0 saturated carbocycles. The van der Waals surface area contributed by atoms with Crippen molar-refractivity contribution in [3.63, 3.8) is 0 Å². The number of rotatable bonds is 6. The molecule has 3 nitrogen and oxygen atoms in total. The van der Waals surface area contributed by atoms with E-state index in [9.17, 15) is 5.11 Å². The minimum Gasteiger partial charge on any atom is -0.496 e. The highest BCUT2D eigenvalue weighted by Crippen LogP contribution is 2.27. The highest BCUT2D eigenvalue weighted by atomic mass is 35.5. The molecule has 0 fully saturated rings. The molecule has 0 aliphatic rings. The Hall–Kier alpha value is -1.03. The second kappa shape index (κ2) is 6.53. The van der Waals surface area contributed by atoms with E-state index in [0.717, 1.165) is 0 Å². The molecule has 0 amide bonds. The van der Waals surface area contributed by atoms with Crippen LogP contribution in [0, 0.1) is 0 Å². The van der Waals surface area contributed by atoms with Crippen LogP contribution in [0.5, 0.6) is 5.75 Å². The van der Waals surface area contributed by atoms with Crippen LogP contribution in [0.4, 0.5) is 0 Å². The average molecular weight is 242 g/mol. The summed E-state index contributed by atoms with van der Waals surface area (Å²) in [5.41, 5.74) is 0.687. The zero-order valence-corrected chi connectivity index (χ0v) is 10.00. The molecular weight excluding hydrogens is 226 g/mol. The van der Waals surface area contributed by atoms with Crippen molar-refractivity contribution in [2.45, 2.75) is 6.10 Å². The van der Waals surface area contributed by atoms with Gasteiger partial charge in [0.15, 0.2) is 0 Å². The third kappa shape index (κ3) is 3.52. The fourth-order valence-electron chi connectivity index (χ4n) is 1.40. The van der Waals surface area contributed by atoms with Crippen LogP contribution in [0.25, 0.3) is 0 Å². The van der Waals surface area contributed by atoms with Crippen LogP contribution < -0.4 is 10.1 Å². The Kier molecular flexibility index (Phi) is 5.32. The van der Waals surface area contributed by atoms with Gasteiger partial charge in [0.2, 0.25) is 0 Å². The lowest BCUT2D eigenvalue weighted by Crippen LogP contribution is -2.21. The number of aliphatic hydroxyl groups excluding tert-OH is 1. The zero-order valence-electron chi connectivity index (χ0n) is 9.24. The summed E-state index contributed by atoms with van der Waals surface area (Å²) in [6.45, 7) is 4.67. The Labute approximate surface area is 101 Å². The van der Waals surface area contributed by atoms with Gasteiger partial charge in [-0.1, -0.05) is 17.7 Å². The van der Waals surface area contributed by atoms with Crippen molar-refractivity contribution in [1.29, 1.82) is 0 Å². The molecule has 0 radical (unpaired) electrons. The normalized spacial score (nSPS) is 12.2. The third-order valence-corrected chi connectivity index (χ3v) is 2.41. The topological polar surface area (TPSA) is 41.5 Å². The van der Waals surface area contributed by atoms with Gasteiger partial charge in [-0.3, -0.25) is 0 Å². The number of hydrogen-bond acceptors (Lipinski definition) is 3. The SMILES string of the molecule is C=CCNCC(O)c1cc(Cl)ccc1OC. The molecule has 0 bridgehead atoms. The molecule has 1 atom stereocenters. The van der Waals surface area contributed by atoms with Gasteiger partial charge in [-0.15, -0.1) is 6.58 Å². The number of methoxy groups -OCH3 is 1. The summed E-state index contributed by atoms with van der Waals surface area (Å²) >= 11 is 5.88. The van der Waals surface area contributed by atoms with Gasteiger partial charge >= 0.3 is 0 Å². The fourth-order valence-corrected chi connectivity index (χ4v) is 1.58. The summed E-state index contributed by atoms with van der Waals surface area (Å²) in [6.07, 6.45) is 1.09. The van der Waals surface area contributed by atoms with Crippen molar-refractivity contribution in [3.05, 3.63) is 41.4 Å². The first-order valence-corrected chi connectivity index (χ1v) is 5.40. The van der Waals surface area contributed by atoms with Crippen LogP contribution in [0.1, 0.15) is 11.7 Å². The molecule has 1 aromatic rings. The molecule has 88 valence electrons. The predicted molar refractivity (Wildman–Crippen MR) is 66.0 cm³/mol. The maximum Gasteiger partial charge on any atom is 0.124 e. The van der Waals surface area contributed by atoms with E-state index < -0.39 is 6.10 Å². The van der Waals surface area contributed by atoms with Crippen molar-refractivity contribution in [1.82, 2.24) is 5.32 Å². The van der Waals surface area contributed by atoms with Gasteiger partial charge in [0.25, 0.3) is 0 Å². The van der Waals surface area contributed by atoms with Gasteiger partial charge < -0.3 is 15.2 Å². The van der Waals surface area contributed by atoms with E-state index in [-0.39, 0.29) is 0 Å². The number of nitrogens with one attached hydrogen (secondary N) is 1. The summed E-state index contributed by atoms with van der Waals surface area (Å²) in [7, 11) is 1.57. The summed E-state index contributed by atoms with van der Waals surface area (Å²) in [6, 6.07) is 5.18. The standard InChI is InChI=1S/C12H16ClNO2/c1-3-6-14-8-11(15)10-7-9(13)4-5-12(10)16-2/h3-5,7,11,14-15H,1,6,8H2,2H3. The average Bonchev–Trinajstić information content (AvgIpc) is 2.29. The number of aliphatic hydroxyl groups is 1. The summed E-state index contributed by atoms with van der Waals surface area (Å²) in [5, 5.41) is 13.6. The minimum atomic E-state index is -0.645. The molecular formula is C12H16ClNO2. The van der Waals surface area contributed by atoms with Crippen LogP contribution in [-0.4, -0.2) is 25.3 Å². The second-order valence-corrected chi connectivity index (χ2v) is 3.79. The van der Waals surface area contributed by atoms with Crippen LogP contribution in [-0.2, 0) is 0 Å². The predicted octanol–water partition coefficient (Wildman–Crippen LogP) is 2.16. The molecule has 0 aromatic heterocycles. The summed E-state index contributed by atoms with van der Waals surface area (Å²) < 4.78 is 5.16. The molecule has 16 heavy (non-hydrogen) atoms. The molecule has 0 spiro atoms. The molecule has 1 aromatic carbocycles. The first-order valence-electron chi connectivity index (χ1n) is 5.02. The van der Waals surface area contributed by atoms with Gasteiger partial charge in [-0.2, -0.15) is 0 Å². The lowest BCUT2D eigenvalue weighted by molar-refractivity contribution is 0.172. The highest BCUT2D eigenvalue weighted by molar-refractivity contribution is 6.30. The molecule has 0 aliphatic heterocycles. The van der Waals surface area contributed by atoms with Crippen molar-refractivity contribution >= 4 is 11.6 Å². The fraction of sp³-hybridized carbons (Fsp3) is 0.333. The molecule has 1 rings (SSSR count). The van der Waals surface area contributed by atoms with Gasteiger partial charge in [0.1, 0.15) is 5.75 Å². The first-order chi connectivity index (χ1) is 7.69. The highest BCUT2D eigenvalue weighted by Gasteiger charge is 2.13. The van der Waals surface area contributed by atoms with Gasteiger partial charge in [0.05, 0.1) is 13.2 Å². The Morgan fingerprint density at radius 2 is 2.38 bits per heavy atom. The van der Waals surface area contributed by atoms with Crippen molar-refractivity contribution in [2.75, 3.05) is 20.2 Å². The largest absolute Gasteiger partial charge is 0.496 e. The maximum atomic E-state index is 9.95. The monoisotopic (exact) mass is 241 g/mol. The Bertz CT molecular complexity index is 355. The van der Waals surface area contributed by atoms with Crippen LogP contribution in [0.15, 0.2) is 30.9 Å². The Balaban J connectivity index is 2.75. The van der Waals surface area contributed by atoms with E-state index in [1.54, 1.807) is 31.4 Å². The maximum absolute atomic E-state index is 9.95. The van der Waals surface area contributed by atoms with Crippen LogP contribution >= 0.6 is 11.6 Å². The van der Waals surface area contributed by atoms with Gasteiger partial charge in [-0.25, -0.2) is 0 Å². The molecule has 0 saturated heterocycles. The van der Waals surface area contributed by atoms with Gasteiger partial charge in [-0.05, 0) is 18.2 Å². The van der Waals surface area contributed by atoms with Crippen LogP contribution in [0.2, 0.25) is 5.02 Å². The molecule has 0 heterocycles. The number of hydrogen-bond donors (Lipinski definition) is 2. The van der Waals surface area contributed by atoms with Crippen molar-refractivity contribution in [2.24, 2.45) is 0 Å². The minimum absolute atomic E-state index is 0.433. The molecule has 4 heteroatoms. The third-order valence-electron chi connectivity index (χ3n) is 2.18. The number of ether oxygens (including phenoxy) is 1. The van der Waals surface area contributed by atoms with Crippen molar-refractivity contribution < 1.29 is 9.84 Å². The first kappa shape index (κ1) is 13.0. The number of benzene rings is 1. The van der Waals surface area contributed by atoms with Crippen molar-refractivity contribution in [3.8, 4) is 5.75 Å². The lowest BCUT2D eigenvalue weighted by Gasteiger charge is -2.15. The summed E-state index contributed by atoms with van der Waals surface area (Å²) in [4.78, 5) is 0. The number of halogens is 1. The van der Waals surface area contributed by atoms with E-state index in [1.807, 2.05) is 0 Å². The quantitative estimate of drug-likeness (QED) is 0.593. The second-order valence-electron chi connectivity index (χ2n) is 3.35. The summed E-state index contributed by atoms with van der Waals surface area (Å²) in [5.74, 6) is 0.636. The van der Waals surface area contributed by atoms with Gasteiger partial charge in [0, 0.05) is 23.7 Å². The Morgan fingerprint density at radius 3 is 3.00 bits per heavy atom. The lowest BCUT2D eigenvalue weighted by atomic mass is 10.1. The zero-order chi connectivity index (χ0) is 12.0. The Morgan fingerprint density at radius 1 is 1.62 bits per heavy atom. The molecule has 2 N–H and O–H groups in total.